The molecule has 14 nitrogen and oxygen atoms in total. The Balaban J connectivity index is 1.73. The number of carbonyl (C=O) groups is 5. The number of methoxy groups -OCH3 is 3. The van der Waals surface area contributed by atoms with Crippen LogP contribution in [0.5, 0.6) is 0 Å². The summed E-state index contributed by atoms with van der Waals surface area (Å²) in [5.74, 6) is -7.90. The number of amides is 1. The number of Topliss-reactive ketones (excluding diaryl/α,β-unsaturated/α-hetero) is 3. The van der Waals surface area contributed by atoms with E-state index in [-0.39, 0.29) is 54.8 Å². The minimum absolute atomic E-state index is 0.00980. The summed E-state index contributed by atoms with van der Waals surface area (Å²) in [5, 5.41) is 33.8. The van der Waals surface area contributed by atoms with E-state index in [1.54, 1.807) is 40.0 Å². The van der Waals surface area contributed by atoms with E-state index in [9.17, 15) is 39.3 Å². The number of rotatable bonds is 6. The van der Waals surface area contributed by atoms with Gasteiger partial charge < -0.3 is 43.9 Å². The van der Waals surface area contributed by atoms with Gasteiger partial charge in [-0.05, 0) is 107 Å². The monoisotopic (exact) mass is 912 g/mol. The first-order valence-electron chi connectivity index (χ1n) is 23.6. The average Bonchev–Trinajstić information content (AvgIpc) is 3.28. The van der Waals surface area contributed by atoms with Gasteiger partial charge in [-0.2, -0.15) is 0 Å². The van der Waals surface area contributed by atoms with Crippen LogP contribution in [0.2, 0.25) is 0 Å². The largest absolute Gasteiger partial charge is 0.460 e. The fourth-order valence-electron chi connectivity index (χ4n) is 9.74. The van der Waals surface area contributed by atoms with Crippen molar-refractivity contribution in [3.05, 3.63) is 59.4 Å². The quantitative estimate of drug-likeness (QED) is 0.153. The molecule has 4 aliphatic rings. The van der Waals surface area contributed by atoms with E-state index in [1.165, 1.54) is 19.1 Å². The maximum atomic E-state index is 14.4. The van der Waals surface area contributed by atoms with Gasteiger partial charge in [-0.25, -0.2) is 4.79 Å². The number of ether oxygens (including phenoxy) is 5. The normalized spacial score (nSPS) is 39.9. The van der Waals surface area contributed by atoms with Gasteiger partial charge in [0.2, 0.25) is 0 Å². The maximum absolute atomic E-state index is 14.4. The summed E-state index contributed by atoms with van der Waals surface area (Å²) in [6, 6.07) is -1.15. The van der Waals surface area contributed by atoms with Gasteiger partial charge in [0.05, 0.1) is 24.1 Å². The van der Waals surface area contributed by atoms with E-state index < -0.39 is 77.8 Å². The van der Waals surface area contributed by atoms with Crippen LogP contribution in [0.15, 0.2) is 59.4 Å². The molecule has 0 radical (unpaired) electrons. The fraction of sp³-hybridized carbons (Fsp3) is 0.706. The molecular weight excluding hydrogens is 835 g/mol. The van der Waals surface area contributed by atoms with Crippen LogP contribution in [0.3, 0.4) is 0 Å². The van der Waals surface area contributed by atoms with Crippen molar-refractivity contribution in [2.75, 3.05) is 27.9 Å². The molecular formula is C51H77NO13. The van der Waals surface area contributed by atoms with Crippen LogP contribution < -0.4 is 0 Å². The molecule has 3 heterocycles. The van der Waals surface area contributed by atoms with Crippen molar-refractivity contribution in [1.29, 1.82) is 0 Å². The average molecular weight is 912 g/mol. The Morgan fingerprint density at radius 1 is 0.862 bits per heavy atom. The second-order valence-corrected chi connectivity index (χ2v) is 19.2. The second kappa shape index (κ2) is 24.8. The molecule has 65 heavy (non-hydrogen) atoms. The van der Waals surface area contributed by atoms with E-state index in [2.05, 4.69) is 0 Å². The van der Waals surface area contributed by atoms with Gasteiger partial charge in [0.25, 0.3) is 17.5 Å². The van der Waals surface area contributed by atoms with Gasteiger partial charge in [0.15, 0.2) is 5.78 Å². The Morgan fingerprint density at radius 2 is 1.58 bits per heavy atom. The summed E-state index contributed by atoms with van der Waals surface area (Å²) < 4.78 is 29.1. The highest BCUT2D eigenvalue weighted by molar-refractivity contribution is 6.39. The molecule has 0 spiro atoms. The lowest BCUT2D eigenvalue weighted by Gasteiger charge is -2.40. The van der Waals surface area contributed by atoms with Crippen LogP contribution in [0.4, 0.5) is 0 Å². The molecule has 2 bridgehead atoms. The maximum Gasteiger partial charge on any atom is 0.329 e. The molecule has 0 aromatic carbocycles. The van der Waals surface area contributed by atoms with Gasteiger partial charge in [0.1, 0.15) is 30.1 Å². The highest BCUT2D eigenvalue weighted by atomic mass is 16.6. The Labute approximate surface area is 386 Å². The van der Waals surface area contributed by atoms with Crippen LogP contribution in [0, 0.1) is 35.5 Å². The van der Waals surface area contributed by atoms with Gasteiger partial charge in [-0.1, -0.05) is 71.1 Å². The second-order valence-electron chi connectivity index (χ2n) is 19.2. The van der Waals surface area contributed by atoms with E-state index in [0.717, 1.165) is 12.0 Å². The number of ketones is 3. The SMILES string of the molecule is CO[C@H]1/C=C2/CC[C@@H](C)[C@@](O)(O2)C(=O)C(=O)N2CCCC[C@H]2C(=O)OC([C@H](C)C[C@@H]2CC[C@@H](O)[C@H](OC)C2)CC(=O)[C@H](C)/C=C(\C)[C@@H](O)[C@@H](OC)C(=O)[C@H](C)C[C@H](C)/C=C/C=C/C=C/1C. The van der Waals surface area contributed by atoms with Crippen LogP contribution >= 0.6 is 0 Å². The highest BCUT2D eigenvalue weighted by Gasteiger charge is 2.53. The number of aliphatic hydroxyl groups is 3. The zero-order chi connectivity index (χ0) is 48.2. The zero-order valence-electron chi connectivity index (χ0n) is 40.4. The number of esters is 1. The number of hydrogen-bond acceptors (Lipinski definition) is 13. The first-order chi connectivity index (χ1) is 30.7. The number of fused-ring (bicyclic) bond motifs is 3. The Kier molecular flexibility index (Phi) is 20.6. The lowest BCUT2D eigenvalue weighted by Crippen LogP contribution is -2.59. The lowest BCUT2D eigenvalue weighted by molar-refractivity contribution is -0.223. The Morgan fingerprint density at radius 3 is 2.26 bits per heavy atom. The molecule has 2 saturated heterocycles. The third kappa shape index (κ3) is 14.1. The summed E-state index contributed by atoms with van der Waals surface area (Å²) in [6.07, 6.45) is 12.6. The summed E-state index contributed by atoms with van der Waals surface area (Å²) in [6.45, 7) is 12.6. The lowest BCUT2D eigenvalue weighted by atomic mass is 9.78. The van der Waals surface area contributed by atoms with Gasteiger partial charge in [-0.15, -0.1) is 0 Å². The summed E-state index contributed by atoms with van der Waals surface area (Å²) in [4.78, 5) is 71.7. The van der Waals surface area contributed by atoms with Crippen LogP contribution in [-0.2, 0) is 47.7 Å². The van der Waals surface area contributed by atoms with Gasteiger partial charge >= 0.3 is 5.97 Å². The number of aliphatic hydroxyl groups excluding tert-OH is 2. The number of piperidine rings is 1. The van der Waals surface area contributed by atoms with Crippen LogP contribution in [0.1, 0.15) is 119 Å². The first kappa shape index (κ1) is 53.8. The predicted molar refractivity (Wildman–Crippen MR) is 245 cm³/mol. The standard InChI is InChI=1S/C51H77NO13/c1-30-16-12-11-13-17-31(2)42(61-8)28-38-21-19-36(7)51(60,65-38)48(57)49(58)52-23-15-14-18-39(52)50(59)64-43(33(4)26-37-20-22-40(53)44(27-37)62-9)29-41(54)32(3)25-35(6)46(56)47(63-10)45(55)34(5)24-30/h11-13,16-17,25,28,30,32-34,36-37,39-40,42-44,46-47,53,56,60H,14-15,18-24,26-27,29H2,1-10H3/b13-11+,16-12+,31-17+,35-25+,38-28-/t30-,32-,33-,34-,36-,37+,39+,40-,42+,43?,44-,46-,47+,51-/m1/s1. The zero-order valence-corrected chi connectivity index (χ0v) is 40.4. The summed E-state index contributed by atoms with van der Waals surface area (Å²) in [7, 11) is 4.47. The third-order valence-electron chi connectivity index (χ3n) is 14.1. The number of cyclic esters (lactones) is 1. The minimum atomic E-state index is -2.50. The molecule has 3 fully saturated rings. The van der Waals surface area contributed by atoms with Crippen molar-refractivity contribution >= 4 is 29.2 Å². The van der Waals surface area contributed by atoms with Crippen molar-refractivity contribution in [2.24, 2.45) is 35.5 Å². The predicted octanol–water partition coefficient (Wildman–Crippen LogP) is 6.31. The third-order valence-corrected chi connectivity index (χ3v) is 14.1. The smallest absolute Gasteiger partial charge is 0.329 e. The molecule has 1 amide bonds. The van der Waals surface area contributed by atoms with Crippen molar-refractivity contribution in [1.82, 2.24) is 4.90 Å². The molecule has 4 rings (SSSR count). The first-order valence-corrected chi connectivity index (χ1v) is 23.6. The Hall–Kier alpha value is -3.79. The number of carbonyl (C=O) groups excluding carboxylic acids is 5. The molecule has 1 unspecified atom stereocenters. The van der Waals surface area contributed by atoms with E-state index in [4.69, 9.17) is 23.7 Å². The molecule has 14 heteroatoms. The molecule has 1 aliphatic carbocycles. The molecule has 1 saturated carbocycles. The number of allylic oxidation sites excluding steroid dienone is 7. The van der Waals surface area contributed by atoms with Crippen molar-refractivity contribution < 1.29 is 63.0 Å². The summed E-state index contributed by atoms with van der Waals surface area (Å²) in [5.41, 5.74) is 1.19. The Bertz CT molecular complexity index is 1820. The number of hydrogen-bond donors (Lipinski definition) is 3. The molecule has 0 aromatic rings. The highest BCUT2D eigenvalue weighted by Crippen LogP contribution is 2.38. The van der Waals surface area contributed by atoms with Gasteiger partial charge in [-0.3, -0.25) is 19.2 Å². The van der Waals surface area contributed by atoms with Gasteiger partial charge in [0, 0.05) is 58.5 Å². The topological polar surface area (TPSA) is 195 Å². The number of nitrogens with zero attached hydrogens (tertiary/aromatic N) is 1. The molecule has 3 N–H and O–H groups in total. The molecule has 3 aliphatic heterocycles. The summed E-state index contributed by atoms with van der Waals surface area (Å²) >= 11 is 0. The van der Waals surface area contributed by atoms with Crippen LogP contribution in [0.25, 0.3) is 0 Å². The van der Waals surface area contributed by atoms with Crippen molar-refractivity contribution in [2.45, 2.75) is 168 Å². The molecule has 0 aromatic heterocycles. The molecule has 14 atom stereocenters. The minimum Gasteiger partial charge on any atom is -0.460 e. The van der Waals surface area contributed by atoms with E-state index >= 15 is 0 Å². The van der Waals surface area contributed by atoms with E-state index in [0.29, 0.717) is 62.7 Å². The van der Waals surface area contributed by atoms with Crippen LogP contribution in [-0.4, -0.2) is 126 Å². The van der Waals surface area contributed by atoms with E-state index in [1.807, 2.05) is 58.1 Å². The fourth-order valence-corrected chi connectivity index (χ4v) is 9.74. The van der Waals surface area contributed by atoms with Crippen molar-refractivity contribution in [3.8, 4) is 0 Å². The molecule has 364 valence electrons. The van der Waals surface area contributed by atoms with Crippen molar-refractivity contribution in [3.63, 3.8) is 0 Å².